The monoisotopic (exact) mass is 1200 g/mol. The fraction of sp³-hybridized carbons (Fsp3) is 0.312. The molecule has 6 aromatic heterocycles. The number of nitrogens with zero attached hydrogens (tertiary/aromatic N) is 13. The first kappa shape index (κ1) is 60.6. The lowest BCUT2D eigenvalue weighted by atomic mass is 10.1. The highest BCUT2D eigenvalue weighted by molar-refractivity contribution is 6.05. The number of amides is 3. The number of rotatable bonds is 11. The number of benzene rings is 3. The summed E-state index contributed by atoms with van der Waals surface area (Å²) in [5.74, 6) is 0.644. The maximum absolute atomic E-state index is 13.2. The van der Waals surface area contributed by atoms with E-state index in [-0.39, 0.29) is 57.5 Å². The van der Waals surface area contributed by atoms with Crippen LogP contribution >= 0.6 is 0 Å². The predicted molar refractivity (Wildman–Crippen MR) is 317 cm³/mol. The van der Waals surface area contributed by atoms with E-state index in [2.05, 4.69) is 46.6 Å². The summed E-state index contributed by atoms with van der Waals surface area (Å²) in [5.41, 5.74) is 7.75. The number of carbonyl (C=O) groups excluding carboxylic acids is 3. The van der Waals surface area contributed by atoms with E-state index in [0.717, 1.165) is 23.2 Å². The Kier molecular flexibility index (Phi) is 18.4. The summed E-state index contributed by atoms with van der Waals surface area (Å²) in [6.07, 6.45) is 3.45. The summed E-state index contributed by atoms with van der Waals surface area (Å²) < 4.78 is 72.5. The van der Waals surface area contributed by atoms with Crippen molar-refractivity contribution in [3.63, 3.8) is 0 Å². The number of anilines is 3. The van der Waals surface area contributed by atoms with Gasteiger partial charge in [0.15, 0.2) is 28.4 Å². The number of carbonyl (C=O) groups is 3. The molecule has 0 spiro atoms. The molecule has 0 N–H and O–H groups in total. The van der Waals surface area contributed by atoms with Crippen LogP contribution in [0.4, 0.5) is 34.6 Å². The zero-order chi connectivity index (χ0) is 62.2. The van der Waals surface area contributed by atoms with E-state index in [0.29, 0.717) is 135 Å². The Balaban J connectivity index is 0.000000146. The number of alkyl halides is 4. The second-order valence-corrected chi connectivity index (χ2v) is 21.5. The van der Waals surface area contributed by atoms with Crippen molar-refractivity contribution in [2.75, 3.05) is 93.2 Å². The number of aromatic nitrogens is 4. The number of piperazine rings is 3. The molecule has 0 atom stereocenters. The quantitative estimate of drug-likeness (QED) is 0.109. The van der Waals surface area contributed by atoms with Gasteiger partial charge in [-0.25, -0.2) is 13.8 Å². The Bertz CT molecular complexity index is 3970. The topological polar surface area (TPSA) is 242 Å². The number of ether oxygens (including phenoxy) is 1. The van der Waals surface area contributed by atoms with E-state index in [1.54, 1.807) is 52.7 Å². The van der Waals surface area contributed by atoms with Crippen LogP contribution in [0.3, 0.4) is 0 Å². The van der Waals surface area contributed by atoms with Crippen LogP contribution in [0.25, 0.3) is 33.3 Å². The Labute approximate surface area is 503 Å². The number of oxazole rings is 1. The van der Waals surface area contributed by atoms with Crippen LogP contribution in [0.5, 0.6) is 5.75 Å². The summed E-state index contributed by atoms with van der Waals surface area (Å²) in [6, 6.07) is 31.7. The van der Waals surface area contributed by atoms with Crippen molar-refractivity contribution in [1.82, 2.24) is 34.6 Å². The predicted octanol–water partition coefficient (Wildman–Crippen LogP) is 11.2. The zero-order valence-corrected chi connectivity index (χ0v) is 48.4. The van der Waals surface area contributed by atoms with Gasteiger partial charge in [0, 0.05) is 144 Å². The van der Waals surface area contributed by atoms with Gasteiger partial charge < -0.3 is 47.4 Å². The van der Waals surface area contributed by atoms with Crippen molar-refractivity contribution >= 4 is 68.1 Å². The number of pyridine rings is 3. The van der Waals surface area contributed by atoms with E-state index >= 15 is 0 Å². The highest BCUT2D eigenvalue weighted by Gasteiger charge is 2.30. The maximum Gasteiger partial charge on any atom is 0.387 e. The number of halogens is 4. The lowest BCUT2D eigenvalue weighted by molar-refractivity contribution is -0.0498. The third-order valence-electron chi connectivity index (χ3n) is 15.1. The van der Waals surface area contributed by atoms with Gasteiger partial charge in [0.2, 0.25) is 0 Å². The van der Waals surface area contributed by atoms with Crippen molar-refractivity contribution in [2.45, 2.75) is 52.6 Å². The molecule has 0 unspecified atom stereocenters. The number of hydrogen-bond donors (Lipinski definition) is 0. The molecule has 3 amide bonds. The second kappa shape index (κ2) is 26.8. The summed E-state index contributed by atoms with van der Waals surface area (Å²) >= 11 is 0. The summed E-state index contributed by atoms with van der Waals surface area (Å²) in [4.78, 5) is 67.6. The molecule has 3 aromatic carbocycles. The first-order valence-electron chi connectivity index (χ1n) is 28.4. The molecule has 9 aromatic rings. The van der Waals surface area contributed by atoms with E-state index in [1.165, 1.54) is 24.4 Å². The molecule has 0 aliphatic carbocycles. The van der Waals surface area contributed by atoms with Crippen molar-refractivity contribution in [3.8, 4) is 24.0 Å². The SMILES string of the molecule is CC(C)c1cc2nccc(C(=O)N3CCN(c4cc(C#N)cc(OC(F)F)c4)CC3)c2o1.CC(C)c1nc2cncc(C(=O)N3CCN(c4cccc(C#N)c4)CC3)c2o1.N#Cc1cccc(N2CCN(C(=O)c3ccnc4cc(C(F)F)oc34)CC2)c1. The van der Waals surface area contributed by atoms with E-state index in [9.17, 15) is 37.2 Å². The number of nitriles is 3. The van der Waals surface area contributed by atoms with Gasteiger partial charge in [0.1, 0.15) is 33.6 Å². The highest BCUT2D eigenvalue weighted by atomic mass is 19.3. The minimum atomic E-state index is -2.97. The molecule has 12 rings (SSSR count). The molecule has 9 heterocycles. The highest BCUT2D eigenvalue weighted by Crippen LogP contribution is 2.32. The van der Waals surface area contributed by atoms with Gasteiger partial charge in [0.05, 0.1) is 52.2 Å². The Morgan fingerprint density at radius 2 is 0.955 bits per heavy atom. The molecule has 450 valence electrons. The van der Waals surface area contributed by atoms with Crippen LogP contribution < -0.4 is 19.4 Å². The average Bonchev–Trinajstić information content (AvgIpc) is 1.95. The molecule has 3 saturated heterocycles. The fourth-order valence-corrected chi connectivity index (χ4v) is 10.5. The molecule has 3 aliphatic heterocycles. The normalized spacial score (nSPS) is 14.4. The van der Waals surface area contributed by atoms with Crippen LogP contribution in [0.1, 0.15) is 111 Å². The molecule has 3 aliphatic rings. The third-order valence-corrected chi connectivity index (χ3v) is 15.1. The van der Waals surface area contributed by atoms with E-state index < -0.39 is 18.8 Å². The van der Waals surface area contributed by atoms with Crippen molar-refractivity contribution < 1.29 is 49.9 Å². The van der Waals surface area contributed by atoms with Crippen LogP contribution in [0.2, 0.25) is 0 Å². The lowest BCUT2D eigenvalue weighted by Crippen LogP contribution is -2.48. The molecule has 20 nitrogen and oxygen atoms in total. The first-order valence-corrected chi connectivity index (χ1v) is 28.4. The van der Waals surface area contributed by atoms with Gasteiger partial charge in [0.25, 0.3) is 24.1 Å². The smallest absolute Gasteiger partial charge is 0.387 e. The molecule has 3 fully saturated rings. The molecule has 0 saturated carbocycles. The van der Waals surface area contributed by atoms with Gasteiger partial charge >= 0.3 is 6.61 Å². The average molecular weight is 1200 g/mol. The van der Waals surface area contributed by atoms with Crippen molar-refractivity contribution in [3.05, 3.63) is 167 Å². The van der Waals surface area contributed by atoms with Gasteiger partial charge in [-0.2, -0.15) is 24.6 Å². The standard InChI is InChI=1S/C23H22F2N4O3.C21H21N5O2.C20H16F2N4O2/c1-14(2)20-12-19-21(32-20)18(3-4-27-19)22(30)29-7-5-28(6-8-29)16-9-15(13-26)10-17(11-16)31-23(24)25;1-14(2)20-24-18-13-23-12-17(19(18)28-20)21(27)26-8-6-25(7-9-26)16-5-3-4-15(10-16)11-22;21-19(22)17-11-16-18(28-17)15(4-5-24-16)20(27)26-8-6-25(7-9-26)14-3-1-2-13(10-14)12-23/h3-4,9-12,14,23H,5-8H2,1-2H3;3-5,10,12-14H,6-9H2,1-2H3;1-5,10-11,19H,6-9H2. The second-order valence-electron chi connectivity index (χ2n) is 21.5. The Hall–Kier alpha value is -10.5. The molecule has 0 bridgehead atoms. The Morgan fingerprint density at radius 1 is 0.500 bits per heavy atom. The molecular weight excluding hydrogens is 1140 g/mol. The first-order chi connectivity index (χ1) is 42.5. The fourth-order valence-electron chi connectivity index (χ4n) is 10.5. The van der Waals surface area contributed by atoms with Crippen molar-refractivity contribution in [2.24, 2.45) is 0 Å². The number of furan rings is 2. The molecule has 0 radical (unpaired) electrons. The molecular formula is C64H59F4N13O7. The summed E-state index contributed by atoms with van der Waals surface area (Å²) in [6.45, 7) is 11.6. The van der Waals surface area contributed by atoms with Crippen LogP contribution in [-0.2, 0) is 0 Å². The van der Waals surface area contributed by atoms with Crippen LogP contribution in [0, 0.1) is 34.0 Å². The third kappa shape index (κ3) is 13.6. The zero-order valence-electron chi connectivity index (χ0n) is 48.4. The summed E-state index contributed by atoms with van der Waals surface area (Å²) in [5, 5.41) is 27.3. The van der Waals surface area contributed by atoms with E-state index in [1.807, 2.05) is 86.0 Å². The number of hydrogen-bond acceptors (Lipinski definition) is 17. The minimum Gasteiger partial charge on any atom is -0.458 e. The maximum atomic E-state index is 13.2. The number of fused-ring (bicyclic) bond motifs is 3. The van der Waals surface area contributed by atoms with Crippen LogP contribution in [-0.4, -0.2) is 138 Å². The van der Waals surface area contributed by atoms with Crippen molar-refractivity contribution in [1.29, 1.82) is 15.8 Å². The van der Waals surface area contributed by atoms with Gasteiger partial charge in [-0.1, -0.05) is 39.8 Å². The Morgan fingerprint density at radius 3 is 1.42 bits per heavy atom. The van der Waals surface area contributed by atoms with Crippen LogP contribution in [0.15, 0.2) is 129 Å². The molecule has 88 heavy (non-hydrogen) atoms. The van der Waals surface area contributed by atoms with Gasteiger partial charge in [-0.05, 0) is 60.7 Å². The van der Waals surface area contributed by atoms with Gasteiger partial charge in [-0.3, -0.25) is 29.3 Å². The molecule has 24 heteroatoms. The summed E-state index contributed by atoms with van der Waals surface area (Å²) in [7, 11) is 0. The largest absolute Gasteiger partial charge is 0.458 e. The lowest BCUT2D eigenvalue weighted by Gasteiger charge is -2.36. The van der Waals surface area contributed by atoms with Gasteiger partial charge in [-0.15, -0.1) is 0 Å². The van der Waals surface area contributed by atoms with E-state index in [4.69, 9.17) is 23.8 Å². The minimum absolute atomic E-state index is 0.0643.